The second kappa shape index (κ2) is 5.86. The first-order valence-electron chi connectivity index (χ1n) is 6.51. The first kappa shape index (κ1) is 14.7. The predicted molar refractivity (Wildman–Crippen MR) is 87.4 cm³/mol. The van der Waals surface area contributed by atoms with Gasteiger partial charge in [0.2, 0.25) is 0 Å². The molecule has 0 bridgehead atoms. The molecule has 3 N–H and O–H groups in total. The van der Waals surface area contributed by atoms with E-state index in [2.05, 4.69) is 9.97 Å². The molecule has 22 heavy (non-hydrogen) atoms. The van der Waals surface area contributed by atoms with Gasteiger partial charge in [0.1, 0.15) is 10.8 Å². The summed E-state index contributed by atoms with van der Waals surface area (Å²) in [7, 11) is 0. The molecular formula is C15H13N3O2S2. The fraction of sp³-hybridized carbons (Fsp3) is 0.133. The molecule has 0 atom stereocenters. The van der Waals surface area contributed by atoms with Gasteiger partial charge in [-0.3, -0.25) is 4.79 Å². The van der Waals surface area contributed by atoms with Crippen LogP contribution in [0.15, 0.2) is 29.0 Å². The van der Waals surface area contributed by atoms with Crippen LogP contribution in [0.5, 0.6) is 5.75 Å². The van der Waals surface area contributed by atoms with Crippen LogP contribution in [0.4, 0.5) is 0 Å². The van der Waals surface area contributed by atoms with Gasteiger partial charge in [-0.2, -0.15) is 0 Å². The van der Waals surface area contributed by atoms with Crippen LogP contribution in [0.25, 0.3) is 11.3 Å². The maximum absolute atomic E-state index is 11.3. The highest BCUT2D eigenvalue weighted by Crippen LogP contribution is 2.28. The van der Waals surface area contributed by atoms with E-state index in [0.29, 0.717) is 6.42 Å². The number of nitrogens with two attached hydrogens (primary N) is 1. The predicted octanol–water partition coefficient (Wildman–Crippen LogP) is 2.97. The molecule has 0 saturated carbocycles. The monoisotopic (exact) mass is 331 g/mol. The number of carbonyl (C=O) groups is 1. The molecule has 0 saturated heterocycles. The van der Waals surface area contributed by atoms with Crippen molar-refractivity contribution in [2.45, 2.75) is 13.3 Å². The van der Waals surface area contributed by atoms with Gasteiger partial charge in [-0.1, -0.05) is 0 Å². The number of primary amides is 1. The molecule has 0 aliphatic carbocycles. The standard InChI is InChI=1S/C15H13N3O2S2/c1-8-6-21-13(17-8)5-14-18-11(7-22-14)9-2-3-12(19)10(4-9)15(16)20/h2-4,6-7,19H,5H2,1H3,(H2,16,20). The van der Waals surface area contributed by atoms with E-state index in [1.807, 2.05) is 17.7 Å². The van der Waals surface area contributed by atoms with Crippen LogP contribution < -0.4 is 5.73 Å². The topological polar surface area (TPSA) is 89.1 Å². The number of phenols is 1. The summed E-state index contributed by atoms with van der Waals surface area (Å²) < 4.78 is 0. The Bertz CT molecular complexity index is 839. The van der Waals surface area contributed by atoms with Gasteiger partial charge >= 0.3 is 0 Å². The SMILES string of the molecule is Cc1csc(Cc2nc(-c3ccc(O)c(C(N)=O)c3)cs2)n1. The van der Waals surface area contributed by atoms with Crippen LogP contribution in [-0.2, 0) is 6.42 Å². The Morgan fingerprint density at radius 3 is 2.64 bits per heavy atom. The van der Waals surface area contributed by atoms with E-state index in [1.54, 1.807) is 34.8 Å². The van der Waals surface area contributed by atoms with Crippen LogP contribution in [-0.4, -0.2) is 21.0 Å². The van der Waals surface area contributed by atoms with Gasteiger partial charge in [0, 0.05) is 22.0 Å². The van der Waals surface area contributed by atoms with Gasteiger partial charge in [0.15, 0.2) is 0 Å². The number of aryl methyl sites for hydroxylation is 1. The largest absolute Gasteiger partial charge is 0.507 e. The summed E-state index contributed by atoms with van der Waals surface area (Å²) in [5.74, 6) is -0.780. The number of benzene rings is 1. The Balaban J connectivity index is 1.87. The van der Waals surface area contributed by atoms with Crippen molar-refractivity contribution < 1.29 is 9.90 Å². The number of carbonyl (C=O) groups excluding carboxylic acids is 1. The Morgan fingerprint density at radius 2 is 1.95 bits per heavy atom. The van der Waals surface area contributed by atoms with Crippen molar-refractivity contribution in [3.05, 3.63) is 50.2 Å². The third-order valence-electron chi connectivity index (χ3n) is 3.08. The van der Waals surface area contributed by atoms with E-state index >= 15 is 0 Å². The highest BCUT2D eigenvalue weighted by molar-refractivity contribution is 7.11. The molecule has 0 fully saturated rings. The molecule has 3 rings (SSSR count). The lowest BCUT2D eigenvalue weighted by molar-refractivity contribution is 0.0998. The molecule has 1 amide bonds. The number of thiazole rings is 2. The first-order chi connectivity index (χ1) is 10.5. The zero-order chi connectivity index (χ0) is 15.7. The van der Waals surface area contributed by atoms with Gasteiger partial charge in [0.25, 0.3) is 5.91 Å². The molecule has 3 aromatic rings. The summed E-state index contributed by atoms with van der Waals surface area (Å²) in [6.07, 6.45) is 0.698. The zero-order valence-electron chi connectivity index (χ0n) is 11.7. The lowest BCUT2D eigenvalue weighted by Gasteiger charge is -2.02. The number of aromatic hydroxyl groups is 1. The minimum atomic E-state index is -0.659. The second-order valence-electron chi connectivity index (χ2n) is 4.78. The first-order valence-corrected chi connectivity index (χ1v) is 8.27. The Kier molecular flexibility index (Phi) is 3.91. The second-order valence-corrected chi connectivity index (χ2v) is 6.67. The van der Waals surface area contributed by atoms with E-state index in [9.17, 15) is 9.90 Å². The number of rotatable bonds is 4. The van der Waals surface area contributed by atoms with Gasteiger partial charge in [-0.15, -0.1) is 22.7 Å². The molecule has 0 aliphatic rings. The quantitative estimate of drug-likeness (QED) is 0.769. The maximum atomic E-state index is 11.3. The Labute approximate surface area is 135 Å². The minimum absolute atomic E-state index is 0.0996. The summed E-state index contributed by atoms with van der Waals surface area (Å²) in [6, 6.07) is 4.73. The van der Waals surface area contributed by atoms with Crippen LogP contribution in [0, 0.1) is 6.92 Å². The third kappa shape index (κ3) is 3.00. The number of nitrogens with zero attached hydrogens (tertiary/aromatic N) is 2. The average Bonchev–Trinajstić information content (AvgIpc) is 3.09. The molecule has 5 nitrogen and oxygen atoms in total. The molecule has 2 heterocycles. The molecule has 0 radical (unpaired) electrons. The Morgan fingerprint density at radius 1 is 1.23 bits per heavy atom. The summed E-state index contributed by atoms with van der Waals surface area (Å²) in [5.41, 5.74) is 7.88. The van der Waals surface area contributed by atoms with Crippen molar-refractivity contribution >= 4 is 28.6 Å². The van der Waals surface area contributed by atoms with E-state index in [4.69, 9.17) is 5.73 Å². The smallest absolute Gasteiger partial charge is 0.252 e. The van der Waals surface area contributed by atoms with Crippen molar-refractivity contribution in [2.24, 2.45) is 5.73 Å². The van der Waals surface area contributed by atoms with Gasteiger partial charge in [0.05, 0.1) is 22.7 Å². The normalized spacial score (nSPS) is 10.8. The lowest BCUT2D eigenvalue weighted by atomic mass is 10.1. The van der Waals surface area contributed by atoms with Crippen LogP contribution >= 0.6 is 22.7 Å². The summed E-state index contributed by atoms with van der Waals surface area (Å²) in [5, 5.41) is 15.6. The molecule has 112 valence electrons. The molecule has 0 spiro atoms. The van der Waals surface area contributed by atoms with Crippen molar-refractivity contribution in [3.63, 3.8) is 0 Å². The third-order valence-corrected chi connectivity index (χ3v) is 4.89. The van der Waals surface area contributed by atoms with E-state index in [0.717, 1.165) is 27.0 Å². The van der Waals surface area contributed by atoms with Gasteiger partial charge in [-0.05, 0) is 25.1 Å². The van der Waals surface area contributed by atoms with E-state index < -0.39 is 5.91 Å². The van der Waals surface area contributed by atoms with E-state index in [-0.39, 0.29) is 11.3 Å². The molecule has 1 aromatic carbocycles. The Hall–Kier alpha value is -2.25. The van der Waals surface area contributed by atoms with Crippen LogP contribution in [0.1, 0.15) is 26.1 Å². The highest BCUT2D eigenvalue weighted by Gasteiger charge is 2.12. The number of aromatic nitrogens is 2. The van der Waals surface area contributed by atoms with Crippen LogP contribution in [0.3, 0.4) is 0 Å². The lowest BCUT2D eigenvalue weighted by Crippen LogP contribution is -2.11. The molecule has 0 aliphatic heterocycles. The molecular weight excluding hydrogens is 318 g/mol. The van der Waals surface area contributed by atoms with Crippen molar-refractivity contribution in [3.8, 4) is 17.0 Å². The summed E-state index contributed by atoms with van der Waals surface area (Å²) in [4.78, 5) is 20.3. The summed E-state index contributed by atoms with van der Waals surface area (Å²) in [6.45, 7) is 1.97. The molecule has 7 heteroatoms. The van der Waals surface area contributed by atoms with Crippen molar-refractivity contribution in [1.29, 1.82) is 0 Å². The fourth-order valence-corrected chi connectivity index (χ4v) is 3.71. The molecule has 0 unspecified atom stereocenters. The summed E-state index contributed by atoms with van der Waals surface area (Å²) >= 11 is 3.16. The fourth-order valence-electron chi connectivity index (χ4n) is 2.03. The highest BCUT2D eigenvalue weighted by atomic mass is 32.1. The zero-order valence-corrected chi connectivity index (χ0v) is 13.4. The number of hydrogen-bond acceptors (Lipinski definition) is 6. The van der Waals surface area contributed by atoms with E-state index in [1.165, 1.54) is 6.07 Å². The van der Waals surface area contributed by atoms with Gasteiger partial charge in [-0.25, -0.2) is 9.97 Å². The maximum Gasteiger partial charge on any atom is 0.252 e. The van der Waals surface area contributed by atoms with Crippen molar-refractivity contribution in [2.75, 3.05) is 0 Å². The minimum Gasteiger partial charge on any atom is -0.507 e. The number of hydrogen-bond donors (Lipinski definition) is 2. The molecule has 2 aromatic heterocycles. The average molecular weight is 331 g/mol. The van der Waals surface area contributed by atoms with Crippen molar-refractivity contribution in [1.82, 2.24) is 9.97 Å². The van der Waals surface area contributed by atoms with Crippen LogP contribution in [0.2, 0.25) is 0 Å². The number of amides is 1. The van der Waals surface area contributed by atoms with Gasteiger partial charge < -0.3 is 10.8 Å².